The highest BCUT2D eigenvalue weighted by Crippen LogP contribution is 1.93. The molecule has 0 aromatic heterocycles. The molecule has 0 aliphatic rings. The fourth-order valence-electron chi connectivity index (χ4n) is 0.279. The molecule has 0 aromatic carbocycles. The number of rotatable bonds is 4. The Kier molecular flexibility index (Phi) is 4.69. The van der Waals surface area contributed by atoms with Gasteiger partial charge in [0.25, 0.3) is 0 Å². The van der Waals surface area contributed by atoms with Crippen molar-refractivity contribution in [1.82, 2.24) is 0 Å². The third-order valence-corrected chi connectivity index (χ3v) is 0.687. The highest BCUT2D eigenvalue weighted by Gasteiger charge is 1.96. The Morgan fingerprint density at radius 2 is 2.30 bits per heavy atom. The lowest BCUT2D eigenvalue weighted by Crippen LogP contribution is -2.03. The fraction of sp³-hybridized carbons (Fsp3) is 0.833. The summed E-state index contributed by atoms with van der Waals surface area (Å²) in [4.78, 5) is 10.7. The van der Waals surface area contributed by atoms with E-state index in [0.717, 1.165) is 7.11 Å². The van der Waals surface area contributed by atoms with Crippen LogP contribution < -0.4 is 5.73 Å². The van der Waals surface area contributed by atoms with Crippen LogP contribution in [0.2, 0.25) is 0 Å². The molecule has 2 N–H and O–H groups in total. The van der Waals surface area contributed by atoms with Crippen LogP contribution in [-0.4, -0.2) is 19.6 Å². The van der Waals surface area contributed by atoms with E-state index in [1.165, 1.54) is 0 Å². The van der Waals surface area contributed by atoms with Gasteiger partial charge in [0, 0.05) is 11.9 Å². The molecular weight excluding hydrogens is 154 g/mol. The van der Waals surface area contributed by atoms with Crippen LogP contribution in [0.5, 0.6) is 0 Å². The molecule has 0 rings (SSSR count). The predicted molar refractivity (Wildman–Crippen MR) is 42.2 cm³/mol. The molecule has 62 valence electrons. The minimum absolute atomic E-state index is 0. The molecule has 0 bridgehead atoms. The van der Waals surface area contributed by atoms with Crippen LogP contribution in [0.4, 0.5) is 0 Å². The van der Waals surface area contributed by atoms with Crippen molar-refractivity contribution in [1.29, 1.82) is 0 Å². The molecule has 10 heavy (non-hydrogen) atoms. The number of halogens is 1. The molecule has 0 spiro atoms. The van der Waals surface area contributed by atoms with Crippen LogP contribution in [0.3, 0.4) is 0 Å². The first kappa shape index (κ1) is 5.38. The van der Waals surface area contributed by atoms with Crippen molar-refractivity contribution < 1.29 is 15.0 Å². The number of hydrogen-bond acceptors (Lipinski definition) is 3. The summed E-state index contributed by atoms with van der Waals surface area (Å²) in [7, 11) is 1.12. The minimum Gasteiger partial charge on any atom is -0.469 e. The average Bonchev–Trinajstić information content (AvgIpc) is 2.03. The number of esters is 1. The van der Waals surface area contributed by atoms with Crippen LogP contribution in [0.1, 0.15) is 24.6 Å². The van der Waals surface area contributed by atoms with E-state index in [4.69, 9.17) is 11.2 Å². The van der Waals surface area contributed by atoms with E-state index in [9.17, 15) is 4.79 Å². The normalized spacial score (nSPS) is 17.0. The molecule has 0 aliphatic heterocycles. The van der Waals surface area contributed by atoms with E-state index in [1.807, 2.05) is 0 Å². The lowest BCUT2D eigenvalue weighted by Gasteiger charge is -1.95. The van der Waals surface area contributed by atoms with E-state index in [1.54, 1.807) is 0 Å². The van der Waals surface area contributed by atoms with Gasteiger partial charge in [0.1, 0.15) is 0 Å². The first-order chi connectivity index (χ1) is 5.77. The van der Waals surface area contributed by atoms with Crippen LogP contribution in [0.15, 0.2) is 0 Å². The number of methoxy groups -OCH3 is 1. The number of carbonyl (C=O) groups excluding carboxylic acids is 1. The van der Waals surface area contributed by atoms with E-state index in [0.29, 0.717) is 0 Å². The Bertz CT molecular complexity index is 200. The SMILES string of the molecule is Cl.[2H]C([2H])(CN)C([2H])([2H])CC(=O)OC. The first-order valence-corrected chi connectivity index (χ1v) is 2.54. The Balaban J connectivity index is 0. The molecule has 3 nitrogen and oxygen atoms in total. The second-order valence-electron chi connectivity index (χ2n) is 1.31. The molecule has 0 saturated heterocycles. The third-order valence-electron chi connectivity index (χ3n) is 0.687. The van der Waals surface area contributed by atoms with Gasteiger partial charge in [0.2, 0.25) is 0 Å². The maximum absolute atomic E-state index is 10.7. The Morgan fingerprint density at radius 1 is 1.70 bits per heavy atom. The van der Waals surface area contributed by atoms with Gasteiger partial charge in [-0.15, -0.1) is 12.4 Å². The molecule has 0 unspecified atom stereocenters. The Hall–Kier alpha value is -0.280. The zero-order valence-electron chi connectivity index (χ0n) is 9.72. The minimum atomic E-state index is -2.30. The van der Waals surface area contributed by atoms with Crippen LogP contribution >= 0.6 is 12.4 Å². The average molecular weight is 172 g/mol. The summed E-state index contributed by atoms with van der Waals surface area (Å²) in [5.74, 6) is -0.790. The third kappa shape index (κ3) is 7.72. The van der Waals surface area contributed by atoms with Crippen molar-refractivity contribution in [3.63, 3.8) is 0 Å². The van der Waals surface area contributed by atoms with Gasteiger partial charge in [-0.3, -0.25) is 4.79 Å². The largest absolute Gasteiger partial charge is 0.469 e. The van der Waals surface area contributed by atoms with E-state index < -0.39 is 31.7 Å². The number of hydrogen-bond donors (Lipinski definition) is 1. The monoisotopic (exact) mass is 171 g/mol. The quantitative estimate of drug-likeness (QED) is 0.634. The van der Waals surface area contributed by atoms with Crippen molar-refractivity contribution in [3.8, 4) is 0 Å². The maximum atomic E-state index is 10.7. The van der Waals surface area contributed by atoms with Crippen molar-refractivity contribution in [3.05, 3.63) is 0 Å². The summed E-state index contributed by atoms with van der Waals surface area (Å²) in [5.41, 5.74) is 5.04. The number of ether oxygens (including phenoxy) is 1. The number of nitrogens with two attached hydrogens (primary N) is 1. The van der Waals surface area contributed by atoms with E-state index in [2.05, 4.69) is 4.74 Å². The molecular formula is C6H14ClNO2. The lowest BCUT2D eigenvalue weighted by atomic mass is 10.2. The summed E-state index contributed by atoms with van der Waals surface area (Å²) in [6.45, 7) is -0.475. The zero-order valence-corrected chi connectivity index (χ0v) is 6.53. The van der Waals surface area contributed by atoms with Gasteiger partial charge in [-0.25, -0.2) is 0 Å². The molecule has 0 radical (unpaired) electrons. The van der Waals surface area contributed by atoms with Crippen molar-refractivity contribution in [2.45, 2.75) is 19.2 Å². The van der Waals surface area contributed by atoms with Gasteiger partial charge in [0.15, 0.2) is 0 Å². The van der Waals surface area contributed by atoms with Gasteiger partial charge in [0.05, 0.1) is 7.11 Å². The summed E-state index contributed by atoms with van der Waals surface area (Å²) >= 11 is 0. The van der Waals surface area contributed by atoms with Crippen LogP contribution in [-0.2, 0) is 9.53 Å². The topological polar surface area (TPSA) is 52.3 Å². The molecule has 0 aromatic rings. The molecule has 0 saturated carbocycles. The van der Waals surface area contributed by atoms with Crippen molar-refractivity contribution in [2.24, 2.45) is 5.73 Å². The lowest BCUT2D eigenvalue weighted by molar-refractivity contribution is -0.140. The summed E-state index contributed by atoms with van der Waals surface area (Å²) in [6, 6.07) is 0. The highest BCUT2D eigenvalue weighted by atomic mass is 35.5. The standard InChI is InChI=1S/C6H13NO2.ClH/c1-9-6(8)4-2-3-5-7;/h2-5,7H2,1H3;1H/i2D2,3D2;. The highest BCUT2D eigenvalue weighted by molar-refractivity contribution is 5.85. The number of carbonyl (C=O) groups is 1. The van der Waals surface area contributed by atoms with E-state index in [-0.39, 0.29) is 12.4 Å². The smallest absolute Gasteiger partial charge is 0.305 e. The summed E-state index contributed by atoms with van der Waals surface area (Å²) < 4.78 is 33.2. The van der Waals surface area contributed by atoms with Crippen molar-refractivity contribution >= 4 is 18.4 Å². The molecule has 0 atom stereocenters. The van der Waals surface area contributed by atoms with Crippen LogP contribution in [0, 0.1) is 0 Å². The summed E-state index contributed by atoms with van der Waals surface area (Å²) in [6.07, 6.45) is -5.15. The van der Waals surface area contributed by atoms with Gasteiger partial charge < -0.3 is 10.5 Å². The molecule has 0 fully saturated rings. The fourth-order valence-corrected chi connectivity index (χ4v) is 0.279. The maximum Gasteiger partial charge on any atom is 0.305 e. The van der Waals surface area contributed by atoms with Gasteiger partial charge >= 0.3 is 5.97 Å². The van der Waals surface area contributed by atoms with Crippen molar-refractivity contribution in [2.75, 3.05) is 13.7 Å². The first-order valence-electron chi connectivity index (χ1n) is 4.54. The Morgan fingerprint density at radius 3 is 2.70 bits per heavy atom. The molecule has 0 heterocycles. The second-order valence-corrected chi connectivity index (χ2v) is 1.31. The molecule has 0 amide bonds. The van der Waals surface area contributed by atoms with Crippen LogP contribution in [0.25, 0.3) is 0 Å². The Labute approximate surface area is 73.0 Å². The predicted octanol–water partition coefficient (Wildman–Crippen LogP) is 0.710. The second kappa shape index (κ2) is 8.72. The molecule has 4 heteroatoms. The summed E-state index contributed by atoms with van der Waals surface area (Å²) in [5, 5.41) is 0. The zero-order chi connectivity index (χ0) is 10.7. The van der Waals surface area contributed by atoms with Gasteiger partial charge in [-0.2, -0.15) is 0 Å². The van der Waals surface area contributed by atoms with Gasteiger partial charge in [-0.05, 0) is 19.3 Å². The van der Waals surface area contributed by atoms with Gasteiger partial charge in [-0.1, -0.05) is 0 Å². The molecule has 0 aliphatic carbocycles. The van der Waals surface area contributed by atoms with E-state index >= 15 is 0 Å².